The zero-order valence-electron chi connectivity index (χ0n) is 34.3. The maximum Gasteiger partial charge on any atom is 0.302 e. The fourth-order valence-electron chi connectivity index (χ4n) is 14.2. The summed E-state index contributed by atoms with van der Waals surface area (Å²) < 4.78 is 6.14. The number of esters is 1. The van der Waals surface area contributed by atoms with Gasteiger partial charge < -0.3 is 25.6 Å². The van der Waals surface area contributed by atoms with Gasteiger partial charge in [-0.2, -0.15) is 0 Å². The summed E-state index contributed by atoms with van der Waals surface area (Å²) in [4.78, 5) is 32.1. The standard InChI is InChI=1S/C45H74N4O3/c1-10-13-34-30-42(7)36(41(5,6)39(34)52-33(4)50)17-18-44(9)37(42)15-14-35-38-32(3)31(2)16-19-45(38,21-20-43(35,44)8)40(51)47-23-12-25-49-28-26-48(27-29-49)24-11-22-46/h1,14,31-32,34,36-39H,11-13,15-30,46H2,2-9H3,(H,47,51)/t31-,32+,34-,36+,37-,38-,39+,42+,43-,44-,45+/m1/s1. The van der Waals surface area contributed by atoms with E-state index < -0.39 is 0 Å². The summed E-state index contributed by atoms with van der Waals surface area (Å²) in [6, 6.07) is 0. The van der Waals surface area contributed by atoms with Crippen molar-refractivity contribution in [3.63, 3.8) is 0 Å². The first-order valence-electron chi connectivity index (χ1n) is 21.3. The molecule has 4 saturated carbocycles. The number of nitrogens with zero attached hydrogens (tertiary/aromatic N) is 2. The molecule has 7 nitrogen and oxygen atoms in total. The van der Waals surface area contributed by atoms with Gasteiger partial charge in [-0.25, -0.2) is 0 Å². The van der Waals surface area contributed by atoms with E-state index in [-0.39, 0.29) is 45.1 Å². The second kappa shape index (κ2) is 15.0. The van der Waals surface area contributed by atoms with Gasteiger partial charge in [0.1, 0.15) is 6.10 Å². The number of hydrogen-bond donors (Lipinski definition) is 2. The SMILES string of the molecule is C#CC[C@@H]1C[C@]2(C)[C@H]3CC=C4[C@H]5[C@@H](C)[C@H](C)CC[C@]5(C(=O)NCCCN5CCN(CCCN)CC5)CC[C@@]4(C)[C@]3(C)CC[C@H]2C(C)(C)[C@H]1OC(C)=O. The molecule has 1 amide bonds. The Labute approximate surface area is 317 Å². The molecule has 11 atom stereocenters. The Balaban J connectivity index is 1.22. The van der Waals surface area contributed by atoms with E-state index in [1.165, 1.54) is 6.42 Å². The van der Waals surface area contributed by atoms with Crippen LogP contribution in [0.15, 0.2) is 11.6 Å². The Kier molecular flexibility index (Phi) is 11.5. The minimum atomic E-state index is -0.307. The van der Waals surface area contributed by atoms with Crippen molar-refractivity contribution in [3.05, 3.63) is 11.6 Å². The molecule has 6 rings (SSSR count). The Morgan fingerprint density at radius 1 is 0.962 bits per heavy atom. The maximum absolute atomic E-state index is 14.6. The summed E-state index contributed by atoms with van der Waals surface area (Å²) in [6.07, 6.45) is 19.9. The Hall–Kier alpha value is -1.88. The predicted molar refractivity (Wildman–Crippen MR) is 211 cm³/mol. The number of piperazine rings is 1. The molecule has 0 spiro atoms. The van der Waals surface area contributed by atoms with Crippen molar-refractivity contribution in [1.82, 2.24) is 15.1 Å². The zero-order chi connectivity index (χ0) is 37.7. The van der Waals surface area contributed by atoms with Crippen molar-refractivity contribution in [2.24, 2.45) is 68.3 Å². The molecular weight excluding hydrogens is 645 g/mol. The third-order valence-electron chi connectivity index (χ3n) is 17.2. The Morgan fingerprint density at radius 3 is 2.27 bits per heavy atom. The van der Waals surface area contributed by atoms with Crippen LogP contribution in [0.3, 0.4) is 0 Å². The van der Waals surface area contributed by atoms with Crippen molar-refractivity contribution in [2.45, 2.75) is 132 Å². The van der Waals surface area contributed by atoms with E-state index in [1.807, 2.05) is 0 Å². The molecule has 0 aromatic heterocycles. The molecule has 5 fully saturated rings. The lowest BCUT2D eigenvalue weighted by atomic mass is 9.32. The molecule has 7 heteroatoms. The van der Waals surface area contributed by atoms with Gasteiger partial charge in [0.15, 0.2) is 0 Å². The number of hydrogen-bond acceptors (Lipinski definition) is 6. The van der Waals surface area contributed by atoms with Gasteiger partial charge in [0.25, 0.3) is 0 Å². The highest BCUT2D eigenvalue weighted by atomic mass is 16.5. The number of allylic oxidation sites excluding steroid dienone is 2. The molecule has 0 bridgehead atoms. The van der Waals surface area contributed by atoms with Crippen LogP contribution in [-0.4, -0.2) is 80.1 Å². The smallest absolute Gasteiger partial charge is 0.302 e. The van der Waals surface area contributed by atoms with Crippen molar-refractivity contribution in [3.8, 4) is 12.3 Å². The summed E-state index contributed by atoms with van der Waals surface area (Å²) in [6.45, 7) is 27.1. The van der Waals surface area contributed by atoms with Crippen LogP contribution < -0.4 is 11.1 Å². The quantitative estimate of drug-likeness (QED) is 0.107. The lowest BCUT2D eigenvalue weighted by Gasteiger charge is -2.72. The van der Waals surface area contributed by atoms with Crippen molar-refractivity contribution in [2.75, 3.05) is 52.4 Å². The normalized spacial score (nSPS) is 43.1. The predicted octanol–water partition coefficient (Wildman–Crippen LogP) is 7.30. The molecule has 3 N–H and O–H groups in total. The summed E-state index contributed by atoms with van der Waals surface area (Å²) >= 11 is 0. The van der Waals surface area contributed by atoms with Gasteiger partial charge in [-0.3, -0.25) is 9.59 Å². The second-order valence-corrected chi connectivity index (χ2v) is 20.0. The van der Waals surface area contributed by atoms with Crippen molar-refractivity contribution < 1.29 is 14.3 Å². The lowest BCUT2D eigenvalue weighted by molar-refractivity contribution is -0.227. The van der Waals surface area contributed by atoms with Crippen LogP contribution in [0.4, 0.5) is 0 Å². The molecule has 52 heavy (non-hydrogen) atoms. The van der Waals surface area contributed by atoms with Crippen LogP contribution in [0, 0.1) is 74.9 Å². The average molecular weight is 719 g/mol. The summed E-state index contributed by atoms with van der Waals surface area (Å²) in [7, 11) is 0. The van der Waals surface area contributed by atoms with E-state index >= 15 is 0 Å². The van der Waals surface area contributed by atoms with E-state index in [1.54, 1.807) is 12.5 Å². The summed E-state index contributed by atoms with van der Waals surface area (Å²) in [5, 5.41) is 3.55. The van der Waals surface area contributed by atoms with Gasteiger partial charge in [0.05, 0.1) is 5.41 Å². The number of fused-ring (bicyclic) bond motifs is 7. The molecule has 0 radical (unpaired) electrons. The number of ether oxygens (including phenoxy) is 1. The number of terminal acetylenes is 1. The largest absolute Gasteiger partial charge is 0.462 e. The first-order valence-corrected chi connectivity index (χ1v) is 21.3. The minimum Gasteiger partial charge on any atom is -0.462 e. The van der Waals surface area contributed by atoms with E-state index in [2.05, 4.69) is 75.6 Å². The van der Waals surface area contributed by atoms with Crippen LogP contribution >= 0.6 is 0 Å². The molecule has 0 aromatic carbocycles. The topological polar surface area (TPSA) is 87.9 Å². The number of amides is 1. The molecule has 5 aliphatic carbocycles. The summed E-state index contributed by atoms with van der Waals surface area (Å²) in [5.74, 6) is 5.63. The highest BCUT2D eigenvalue weighted by Gasteiger charge is 2.70. The van der Waals surface area contributed by atoms with E-state index in [0.717, 1.165) is 110 Å². The van der Waals surface area contributed by atoms with Gasteiger partial charge in [-0.15, -0.1) is 12.3 Å². The van der Waals surface area contributed by atoms with Crippen LogP contribution in [0.5, 0.6) is 0 Å². The van der Waals surface area contributed by atoms with Crippen molar-refractivity contribution in [1.29, 1.82) is 0 Å². The monoisotopic (exact) mass is 719 g/mol. The number of nitrogens with two attached hydrogens (primary N) is 1. The van der Waals surface area contributed by atoms with Crippen LogP contribution in [0.25, 0.3) is 0 Å². The number of nitrogens with one attached hydrogen (secondary N) is 1. The molecule has 1 heterocycles. The molecular formula is C45H74N4O3. The molecule has 0 aromatic rings. The van der Waals surface area contributed by atoms with Gasteiger partial charge in [-0.05, 0) is 130 Å². The average Bonchev–Trinajstić information content (AvgIpc) is 3.09. The number of carbonyl (C=O) groups is 2. The molecule has 1 aliphatic heterocycles. The first kappa shape index (κ1) is 39.8. The second-order valence-electron chi connectivity index (χ2n) is 20.0. The third kappa shape index (κ3) is 6.51. The van der Waals surface area contributed by atoms with E-state index in [9.17, 15) is 9.59 Å². The minimum absolute atomic E-state index is 0.0501. The Bertz CT molecular complexity index is 1390. The number of rotatable bonds is 10. The fraction of sp³-hybridized carbons (Fsp3) is 0.867. The molecule has 6 aliphatic rings. The van der Waals surface area contributed by atoms with Crippen molar-refractivity contribution >= 4 is 11.9 Å². The first-order chi connectivity index (χ1) is 24.6. The van der Waals surface area contributed by atoms with Gasteiger partial charge in [0.2, 0.25) is 5.91 Å². The molecule has 1 saturated heterocycles. The van der Waals surface area contributed by atoms with Gasteiger partial charge in [0, 0.05) is 57.4 Å². The Morgan fingerprint density at radius 2 is 1.63 bits per heavy atom. The van der Waals surface area contributed by atoms with Crippen LogP contribution in [0.2, 0.25) is 0 Å². The zero-order valence-corrected chi connectivity index (χ0v) is 34.3. The summed E-state index contributed by atoms with van der Waals surface area (Å²) in [5.41, 5.74) is 7.16. The third-order valence-corrected chi connectivity index (χ3v) is 17.2. The molecule has 0 unspecified atom stereocenters. The fourth-order valence-corrected chi connectivity index (χ4v) is 14.2. The lowest BCUT2D eigenvalue weighted by Crippen LogP contribution is -2.67. The van der Waals surface area contributed by atoms with Gasteiger partial charge >= 0.3 is 5.97 Å². The van der Waals surface area contributed by atoms with E-state index in [0.29, 0.717) is 41.9 Å². The number of carbonyl (C=O) groups excluding carboxylic acids is 2. The highest BCUT2D eigenvalue weighted by molar-refractivity contribution is 5.84. The van der Waals surface area contributed by atoms with Gasteiger partial charge in [-0.1, -0.05) is 60.1 Å². The maximum atomic E-state index is 14.6. The van der Waals surface area contributed by atoms with Crippen LogP contribution in [0.1, 0.15) is 126 Å². The van der Waals surface area contributed by atoms with E-state index in [4.69, 9.17) is 16.9 Å². The highest BCUT2D eigenvalue weighted by Crippen LogP contribution is 2.76. The molecule has 292 valence electrons. The van der Waals surface area contributed by atoms with Crippen LogP contribution in [-0.2, 0) is 14.3 Å².